The van der Waals surface area contributed by atoms with E-state index in [1.165, 1.54) is 0 Å². The summed E-state index contributed by atoms with van der Waals surface area (Å²) in [6.07, 6.45) is 0. The summed E-state index contributed by atoms with van der Waals surface area (Å²) < 4.78 is 0. The average molecular weight is 300 g/mol. The highest BCUT2D eigenvalue weighted by Crippen LogP contribution is 2.37. The van der Waals surface area contributed by atoms with Crippen LogP contribution in [0.5, 0.6) is 0 Å². The fourth-order valence-corrected chi connectivity index (χ4v) is 3.04. The van der Waals surface area contributed by atoms with Crippen molar-refractivity contribution in [2.45, 2.75) is 6.92 Å². The lowest BCUT2D eigenvalue weighted by Crippen LogP contribution is -2.10. The first-order chi connectivity index (χ1) is 9.97. The third-order valence-electron chi connectivity index (χ3n) is 2.96. The largest absolute Gasteiger partial charge is 0.397 e. The Balaban J connectivity index is 2.39. The molecule has 3 aromatic heterocycles. The number of nitrogen functional groups attached to an aromatic ring is 2. The molecule has 0 fully saturated rings. The molecule has 106 valence electrons. The summed E-state index contributed by atoms with van der Waals surface area (Å²) in [7, 11) is 0. The van der Waals surface area contributed by atoms with Crippen molar-refractivity contribution < 1.29 is 4.79 Å². The Morgan fingerprint density at radius 2 is 1.95 bits per heavy atom. The van der Waals surface area contributed by atoms with Crippen LogP contribution in [-0.4, -0.2) is 20.9 Å². The van der Waals surface area contributed by atoms with E-state index in [0.717, 1.165) is 17.0 Å². The number of pyridine rings is 1. The maximum Gasteiger partial charge on any atom is 0.260 e. The number of fused-ring (bicyclic) bond motifs is 1. The predicted octanol–water partition coefficient (Wildman–Crippen LogP) is 1.33. The molecule has 3 rings (SSSR count). The SMILES string of the molecule is Cc1cccc(-c2nc(N)nc3sc(C(N)=O)c(N)c23)n1. The van der Waals surface area contributed by atoms with Gasteiger partial charge >= 0.3 is 0 Å². The van der Waals surface area contributed by atoms with Crippen molar-refractivity contribution in [3.63, 3.8) is 0 Å². The minimum Gasteiger partial charge on any atom is -0.397 e. The molecule has 21 heavy (non-hydrogen) atoms. The Morgan fingerprint density at radius 3 is 2.62 bits per heavy atom. The van der Waals surface area contributed by atoms with E-state index in [4.69, 9.17) is 17.2 Å². The first-order valence-corrected chi connectivity index (χ1v) is 6.88. The molecule has 0 aliphatic heterocycles. The molecule has 0 spiro atoms. The van der Waals surface area contributed by atoms with Gasteiger partial charge in [-0.3, -0.25) is 9.78 Å². The van der Waals surface area contributed by atoms with Crippen molar-refractivity contribution in [1.29, 1.82) is 0 Å². The molecule has 0 unspecified atom stereocenters. The average Bonchev–Trinajstić information content (AvgIpc) is 2.75. The molecule has 0 saturated carbocycles. The number of nitrogens with zero attached hydrogens (tertiary/aromatic N) is 3. The van der Waals surface area contributed by atoms with E-state index < -0.39 is 5.91 Å². The zero-order valence-corrected chi connectivity index (χ0v) is 11.9. The highest BCUT2D eigenvalue weighted by Gasteiger charge is 2.20. The van der Waals surface area contributed by atoms with E-state index in [1.54, 1.807) is 6.07 Å². The third kappa shape index (κ3) is 2.15. The monoisotopic (exact) mass is 300 g/mol. The van der Waals surface area contributed by atoms with Gasteiger partial charge in [-0.15, -0.1) is 11.3 Å². The van der Waals surface area contributed by atoms with E-state index in [1.807, 2.05) is 19.1 Å². The summed E-state index contributed by atoms with van der Waals surface area (Å²) in [5.74, 6) is -0.504. The third-order valence-corrected chi connectivity index (χ3v) is 4.07. The Kier molecular flexibility index (Phi) is 2.95. The number of primary amides is 1. The lowest BCUT2D eigenvalue weighted by atomic mass is 10.1. The van der Waals surface area contributed by atoms with Crippen molar-refractivity contribution in [1.82, 2.24) is 15.0 Å². The Hall–Kier alpha value is -2.74. The second-order valence-electron chi connectivity index (χ2n) is 4.48. The molecule has 0 aromatic carbocycles. The molecule has 0 saturated heterocycles. The fraction of sp³-hybridized carbons (Fsp3) is 0.0769. The van der Waals surface area contributed by atoms with Gasteiger partial charge in [-0.25, -0.2) is 9.97 Å². The number of hydrogen-bond donors (Lipinski definition) is 3. The molecule has 0 aliphatic carbocycles. The molecule has 1 amide bonds. The van der Waals surface area contributed by atoms with Gasteiger partial charge in [-0.05, 0) is 19.1 Å². The highest BCUT2D eigenvalue weighted by molar-refractivity contribution is 7.21. The van der Waals surface area contributed by atoms with Gasteiger partial charge in [0.1, 0.15) is 15.4 Å². The van der Waals surface area contributed by atoms with Crippen LogP contribution in [0.15, 0.2) is 18.2 Å². The molecule has 7 nitrogen and oxygen atoms in total. The van der Waals surface area contributed by atoms with Crippen LogP contribution in [0.1, 0.15) is 15.4 Å². The summed E-state index contributed by atoms with van der Waals surface area (Å²) in [4.78, 5) is 25.0. The van der Waals surface area contributed by atoms with Crippen LogP contribution in [0.2, 0.25) is 0 Å². The van der Waals surface area contributed by atoms with E-state index in [2.05, 4.69) is 15.0 Å². The zero-order valence-electron chi connectivity index (χ0n) is 11.1. The minimum absolute atomic E-state index is 0.0954. The van der Waals surface area contributed by atoms with Crippen LogP contribution < -0.4 is 17.2 Å². The number of anilines is 2. The van der Waals surface area contributed by atoms with Crippen LogP contribution in [0.25, 0.3) is 21.6 Å². The molecule has 6 N–H and O–H groups in total. The molecule has 3 heterocycles. The first-order valence-electron chi connectivity index (χ1n) is 6.06. The summed E-state index contributed by atoms with van der Waals surface area (Å²) in [6.45, 7) is 1.87. The normalized spacial score (nSPS) is 10.9. The number of aromatic nitrogens is 3. The number of thiophene rings is 1. The highest BCUT2D eigenvalue weighted by atomic mass is 32.1. The maximum atomic E-state index is 11.4. The number of rotatable bonds is 2. The van der Waals surface area contributed by atoms with E-state index in [0.29, 0.717) is 21.6 Å². The molecular weight excluding hydrogens is 288 g/mol. The molecule has 0 bridgehead atoms. The zero-order chi connectivity index (χ0) is 15.1. The van der Waals surface area contributed by atoms with Crippen LogP contribution in [-0.2, 0) is 0 Å². The summed E-state index contributed by atoms with van der Waals surface area (Å²) >= 11 is 1.10. The lowest BCUT2D eigenvalue weighted by molar-refractivity contribution is 0.100. The summed E-state index contributed by atoms with van der Waals surface area (Å²) in [5.41, 5.74) is 19.3. The quantitative estimate of drug-likeness (QED) is 0.653. The van der Waals surface area contributed by atoms with Crippen molar-refractivity contribution in [2.75, 3.05) is 11.5 Å². The number of aryl methyl sites for hydroxylation is 1. The smallest absolute Gasteiger partial charge is 0.260 e. The van der Waals surface area contributed by atoms with Gasteiger partial charge in [0.05, 0.1) is 16.8 Å². The number of nitrogens with two attached hydrogens (primary N) is 3. The van der Waals surface area contributed by atoms with Gasteiger partial charge in [0.2, 0.25) is 5.95 Å². The first kappa shape index (κ1) is 13.3. The Morgan fingerprint density at radius 1 is 1.19 bits per heavy atom. The predicted molar refractivity (Wildman–Crippen MR) is 82.7 cm³/mol. The van der Waals surface area contributed by atoms with E-state index in [-0.39, 0.29) is 16.5 Å². The van der Waals surface area contributed by atoms with Crippen LogP contribution in [0.4, 0.5) is 11.6 Å². The van der Waals surface area contributed by atoms with Crippen LogP contribution in [0.3, 0.4) is 0 Å². The second kappa shape index (κ2) is 4.67. The van der Waals surface area contributed by atoms with Crippen molar-refractivity contribution in [2.24, 2.45) is 5.73 Å². The molecule has 0 atom stereocenters. The lowest BCUT2D eigenvalue weighted by Gasteiger charge is -2.05. The number of carbonyl (C=O) groups is 1. The maximum absolute atomic E-state index is 11.4. The van der Waals surface area contributed by atoms with Crippen LogP contribution >= 0.6 is 11.3 Å². The van der Waals surface area contributed by atoms with E-state index >= 15 is 0 Å². The topological polar surface area (TPSA) is 134 Å². The molecule has 3 aromatic rings. The van der Waals surface area contributed by atoms with Gasteiger partial charge in [0, 0.05) is 5.69 Å². The van der Waals surface area contributed by atoms with Gasteiger partial charge in [0.25, 0.3) is 5.91 Å². The van der Waals surface area contributed by atoms with Crippen molar-refractivity contribution in [3.05, 3.63) is 28.8 Å². The fourth-order valence-electron chi connectivity index (χ4n) is 2.08. The Labute approximate surface area is 123 Å². The van der Waals surface area contributed by atoms with Gasteiger partial charge in [0.15, 0.2) is 0 Å². The molecule has 8 heteroatoms. The molecular formula is C13H12N6OS. The molecule has 0 aliphatic rings. The Bertz CT molecular complexity index is 872. The van der Waals surface area contributed by atoms with Gasteiger partial charge < -0.3 is 17.2 Å². The van der Waals surface area contributed by atoms with Gasteiger partial charge in [-0.1, -0.05) is 6.07 Å². The second-order valence-corrected chi connectivity index (χ2v) is 5.48. The minimum atomic E-state index is -0.600. The van der Waals surface area contributed by atoms with Crippen LogP contribution in [0, 0.1) is 6.92 Å². The summed E-state index contributed by atoms with van der Waals surface area (Å²) in [5, 5.41) is 0.557. The molecule has 0 radical (unpaired) electrons. The number of hydrogen-bond acceptors (Lipinski definition) is 7. The number of amides is 1. The standard InChI is InChI=1S/C13H12N6OS/c1-5-3-2-4-6(17-5)9-7-8(14)10(11(15)20)21-12(7)19-13(16)18-9/h2-4H,14H2,1H3,(H2,15,20)(H2,16,18,19). The van der Waals surface area contributed by atoms with Gasteiger partial charge in [-0.2, -0.15) is 0 Å². The summed E-state index contributed by atoms with van der Waals surface area (Å²) in [6, 6.07) is 5.53. The van der Waals surface area contributed by atoms with Crippen molar-refractivity contribution >= 4 is 39.1 Å². The number of carbonyl (C=O) groups excluding carboxylic acids is 1. The van der Waals surface area contributed by atoms with E-state index in [9.17, 15) is 4.79 Å². The van der Waals surface area contributed by atoms with Crippen molar-refractivity contribution in [3.8, 4) is 11.4 Å².